The van der Waals surface area contributed by atoms with Crippen LogP contribution in [0, 0.1) is 5.41 Å². The number of nitrogen functional groups attached to an aromatic ring is 1. The maximum Gasteiger partial charge on any atom is 0.433 e. The molecule has 1 aromatic rings. The third-order valence-corrected chi connectivity index (χ3v) is 2.11. The van der Waals surface area contributed by atoms with E-state index in [-0.39, 0.29) is 24.7 Å². The number of halogens is 3. The number of hydrogen-bond acceptors (Lipinski definition) is 4. The van der Waals surface area contributed by atoms with Crippen molar-refractivity contribution in [2.45, 2.75) is 13.1 Å². The van der Waals surface area contributed by atoms with Crippen LogP contribution in [-0.4, -0.2) is 30.6 Å². The van der Waals surface area contributed by atoms with Gasteiger partial charge in [0.2, 0.25) is 5.88 Å². The molecule has 0 aliphatic heterocycles. The van der Waals surface area contributed by atoms with E-state index in [0.717, 1.165) is 12.1 Å². The van der Waals surface area contributed by atoms with Crippen LogP contribution in [0.3, 0.4) is 0 Å². The molecule has 0 fully saturated rings. The first-order valence-corrected chi connectivity index (χ1v) is 5.49. The Morgan fingerprint density at radius 2 is 2.05 bits per heavy atom. The minimum atomic E-state index is -4.58. The normalized spacial score (nSPS) is 11.4. The van der Waals surface area contributed by atoms with Crippen molar-refractivity contribution in [2.24, 2.45) is 5.73 Å². The van der Waals surface area contributed by atoms with Gasteiger partial charge in [-0.1, -0.05) is 0 Å². The lowest BCUT2D eigenvalue weighted by molar-refractivity contribution is -0.141. The number of nitrogens with one attached hydrogen (secondary N) is 1. The summed E-state index contributed by atoms with van der Waals surface area (Å²) in [7, 11) is 0. The molecule has 1 aromatic heterocycles. The van der Waals surface area contributed by atoms with Gasteiger partial charge < -0.3 is 15.2 Å². The summed E-state index contributed by atoms with van der Waals surface area (Å²) in [5, 5.41) is 7.26. The number of alkyl halides is 3. The zero-order valence-electron chi connectivity index (χ0n) is 10.3. The van der Waals surface area contributed by atoms with Crippen molar-refractivity contribution in [2.75, 3.05) is 19.8 Å². The van der Waals surface area contributed by atoms with E-state index in [1.807, 2.05) is 0 Å². The predicted molar refractivity (Wildman–Crippen MR) is 62.2 cm³/mol. The molecule has 5 nitrogen and oxygen atoms in total. The van der Waals surface area contributed by atoms with Gasteiger partial charge in [0, 0.05) is 6.61 Å². The smallest absolute Gasteiger partial charge is 0.433 e. The Labute approximate surface area is 108 Å². The number of amidine groups is 1. The van der Waals surface area contributed by atoms with E-state index in [1.54, 1.807) is 6.92 Å². The van der Waals surface area contributed by atoms with E-state index in [0.29, 0.717) is 6.61 Å². The average molecular weight is 277 g/mol. The third kappa shape index (κ3) is 4.40. The monoisotopic (exact) mass is 277 g/mol. The Bertz CT molecular complexity index is 449. The van der Waals surface area contributed by atoms with Gasteiger partial charge in [-0.2, -0.15) is 13.2 Å². The summed E-state index contributed by atoms with van der Waals surface area (Å²) in [6.45, 7) is 2.50. The lowest BCUT2D eigenvalue weighted by Crippen LogP contribution is -2.18. The van der Waals surface area contributed by atoms with Gasteiger partial charge in [-0.15, -0.1) is 0 Å². The van der Waals surface area contributed by atoms with Gasteiger partial charge in [-0.3, -0.25) is 5.41 Å². The molecule has 0 saturated heterocycles. The maximum atomic E-state index is 12.5. The topological polar surface area (TPSA) is 81.2 Å². The molecule has 0 spiro atoms. The Morgan fingerprint density at radius 1 is 1.37 bits per heavy atom. The third-order valence-electron chi connectivity index (χ3n) is 2.11. The molecule has 1 heterocycles. The number of hydrogen-bond donors (Lipinski definition) is 2. The molecule has 1 rings (SSSR count). The van der Waals surface area contributed by atoms with Gasteiger partial charge in [0.15, 0.2) is 0 Å². The minimum Gasteiger partial charge on any atom is -0.475 e. The molecule has 106 valence electrons. The fraction of sp³-hybridized carbons (Fsp3) is 0.455. The molecule has 0 atom stereocenters. The molecular weight excluding hydrogens is 263 g/mol. The van der Waals surface area contributed by atoms with Gasteiger partial charge >= 0.3 is 6.18 Å². The number of nitrogens with two attached hydrogens (primary N) is 1. The van der Waals surface area contributed by atoms with E-state index < -0.39 is 17.7 Å². The zero-order chi connectivity index (χ0) is 14.5. The second-order valence-electron chi connectivity index (χ2n) is 3.51. The van der Waals surface area contributed by atoms with Crippen molar-refractivity contribution in [1.29, 1.82) is 5.41 Å². The van der Waals surface area contributed by atoms with Crippen molar-refractivity contribution < 1.29 is 22.6 Å². The molecule has 0 aromatic carbocycles. The number of rotatable bonds is 6. The molecule has 3 N–H and O–H groups in total. The number of pyridine rings is 1. The van der Waals surface area contributed by atoms with Crippen LogP contribution in [-0.2, 0) is 10.9 Å². The minimum absolute atomic E-state index is 0.0181. The first kappa shape index (κ1) is 15.2. The Morgan fingerprint density at radius 3 is 2.58 bits per heavy atom. The highest BCUT2D eigenvalue weighted by molar-refractivity contribution is 5.97. The molecule has 0 saturated carbocycles. The summed E-state index contributed by atoms with van der Waals surface area (Å²) in [6, 6.07) is 1.82. The van der Waals surface area contributed by atoms with Crippen LogP contribution >= 0.6 is 0 Å². The van der Waals surface area contributed by atoms with Crippen LogP contribution < -0.4 is 10.5 Å². The maximum absolute atomic E-state index is 12.5. The standard InChI is InChI=1S/C11H14F3N3O2/c1-2-18-5-6-19-10-7(9(15)16)3-4-8(17-10)11(12,13)14/h3-4H,2,5-6H2,1H3,(H3,15,16). The average Bonchev–Trinajstić information content (AvgIpc) is 2.33. The number of nitrogens with zero attached hydrogens (tertiary/aromatic N) is 1. The highest BCUT2D eigenvalue weighted by atomic mass is 19.4. The van der Waals surface area contributed by atoms with Crippen LogP contribution in [0.4, 0.5) is 13.2 Å². The Kier molecular flexibility index (Phi) is 5.11. The summed E-state index contributed by atoms with van der Waals surface area (Å²) in [4.78, 5) is 3.34. The number of ether oxygens (including phenoxy) is 2. The molecule has 19 heavy (non-hydrogen) atoms. The highest BCUT2D eigenvalue weighted by Gasteiger charge is 2.33. The highest BCUT2D eigenvalue weighted by Crippen LogP contribution is 2.30. The molecule has 8 heteroatoms. The lowest BCUT2D eigenvalue weighted by Gasteiger charge is -2.12. The van der Waals surface area contributed by atoms with Gasteiger partial charge in [0.1, 0.15) is 18.1 Å². The predicted octanol–water partition coefficient (Wildman–Crippen LogP) is 1.80. The van der Waals surface area contributed by atoms with E-state index in [4.69, 9.17) is 20.6 Å². The van der Waals surface area contributed by atoms with Crippen molar-refractivity contribution >= 4 is 5.84 Å². The second-order valence-corrected chi connectivity index (χ2v) is 3.51. The van der Waals surface area contributed by atoms with E-state index in [9.17, 15) is 13.2 Å². The van der Waals surface area contributed by atoms with Crippen LogP contribution in [0.1, 0.15) is 18.2 Å². The fourth-order valence-electron chi connectivity index (χ4n) is 1.25. The first-order chi connectivity index (χ1) is 8.86. The van der Waals surface area contributed by atoms with Crippen molar-refractivity contribution in [3.8, 4) is 5.88 Å². The van der Waals surface area contributed by atoms with Gasteiger partial charge in [0.25, 0.3) is 0 Å². The summed E-state index contributed by atoms with van der Waals surface area (Å²) >= 11 is 0. The van der Waals surface area contributed by atoms with E-state index in [2.05, 4.69) is 4.98 Å². The number of aromatic nitrogens is 1. The van der Waals surface area contributed by atoms with Crippen LogP contribution in [0.2, 0.25) is 0 Å². The van der Waals surface area contributed by atoms with Gasteiger partial charge in [-0.05, 0) is 19.1 Å². The Balaban J connectivity index is 2.93. The zero-order valence-corrected chi connectivity index (χ0v) is 10.3. The lowest BCUT2D eigenvalue weighted by atomic mass is 10.2. The molecular formula is C11H14F3N3O2. The molecule has 0 amide bonds. The van der Waals surface area contributed by atoms with Crippen LogP contribution in [0.15, 0.2) is 12.1 Å². The molecule has 0 aliphatic carbocycles. The Hall–Kier alpha value is -1.83. The van der Waals surface area contributed by atoms with Crippen molar-refractivity contribution in [3.63, 3.8) is 0 Å². The summed E-state index contributed by atoms with van der Waals surface area (Å²) in [5.74, 6) is -0.727. The molecule has 0 unspecified atom stereocenters. The largest absolute Gasteiger partial charge is 0.475 e. The first-order valence-electron chi connectivity index (χ1n) is 5.49. The molecule has 0 aliphatic rings. The van der Waals surface area contributed by atoms with Crippen molar-refractivity contribution in [1.82, 2.24) is 4.98 Å². The van der Waals surface area contributed by atoms with Crippen LogP contribution in [0.25, 0.3) is 0 Å². The second kappa shape index (κ2) is 6.37. The van der Waals surface area contributed by atoms with Gasteiger partial charge in [-0.25, -0.2) is 4.98 Å². The summed E-state index contributed by atoms with van der Waals surface area (Å²) < 4.78 is 47.6. The van der Waals surface area contributed by atoms with Crippen molar-refractivity contribution in [3.05, 3.63) is 23.4 Å². The van der Waals surface area contributed by atoms with Gasteiger partial charge in [0.05, 0.1) is 12.2 Å². The quantitative estimate of drug-likeness (QED) is 0.472. The summed E-state index contributed by atoms with van der Waals surface area (Å²) in [6.07, 6.45) is -4.58. The summed E-state index contributed by atoms with van der Waals surface area (Å²) in [5.41, 5.74) is 4.18. The van der Waals surface area contributed by atoms with E-state index in [1.165, 1.54) is 0 Å². The fourth-order valence-corrected chi connectivity index (χ4v) is 1.25. The van der Waals surface area contributed by atoms with E-state index >= 15 is 0 Å². The SMILES string of the molecule is CCOCCOc1nc(C(F)(F)F)ccc1C(=N)N. The molecule has 0 bridgehead atoms. The molecule has 0 radical (unpaired) electrons. The van der Waals surface area contributed by atoms with Crippen LogP contribution in [0.5, 0.6) is 5.88 Å².